The number of nitrogens with one attached hydrogen (secondary N) is 1. The second-order valence-electron chi connectivity index (χ2n) is 4.81. The van der Waals surface area contributed by atoms with Crippen LogP contribution in [0.3, 0.4) is 0 Å². The molecule has 108 valence electrons. The minimum atomic E-state index is 0.364. The molecule has 0 fully saturated rings. The lowest BCUT2D eigenvalue weighted by molar-refractivity contribution is 0.354. The fraction of sp³-hybridized carbons (Fsp3) is 0.375. The van der Waals surface area contributed by atoms with Crippen LogP contribution in [0.5, 0.6) is 11.5 Å². The first-order valence-corrected chi connectivity index (χ1v) is 6.68. The minimum Gasteiger partial charge on any atom is -0.493 e. The average molecular weight is 275 g/mol. The molecule has 1 N–H and O–H groups in total. The van der Waals surface area contributed by atoms with Crippen LogP contribution in [0.4, 0.5) is 0 Å². The van der Waals surface area contributed by atoms with Gasteiger partial charge in [-0.1, -0.05) is 6.07 Å². The van der Waals surface area contributed by atoms with Gasteiger partial charge in [-0.3, -0.25) is 0 Å². The van der Waals surface area contributed by atoms with E-state index in [1.165, 1.54) is 5.56 Å². The summed E-state index contributed by atoms with van der Waals surface area (Å²) >= 11 is 0. The van der Waals surface area contributed by atoms with Crippen LogP contribution in [-0.4, -0.2) is 20.3 Å². The molecule has 0 radical (unpaired) electrons. The maximum absolute atomic E-state index is 5.32. The van der Waals surface area contributed by atoms with Gasteiger partial charge in [-0.05, 0) is 37.1 Å². The normalized spacial score (nSPS) is 12.2. The van der Waals surface area contributed by atoms with Crippen LogP contribution < -0.4 is 14.8 Å². The van der Waals surface area contributed by atoms with Gasteiger partial charge in [0.1, 0.15) is 0 Å². The van der Waals surface area contributed by atoms with Crippen molar-refractivity contribution in [2.45, 2.75) is 25.9 Å². The van der Waals surface area contributed by atoms with Crippen molar-refractivity contribution in [3.05, 3.63) is 47.9 Å². The van der Waals surface area contributed by atoms with Crippen LogP contribution in [-0.2, 0) is 13.0 Å². The summed E-state index contributed by atoms with van der Waals surface area (Å²) in [4.78, 5) is 0. The van der Waals surface area contributed by atoms with Crippen LogP contribution in [0.25, 0.3) is 0 Å². The molecule has 0 bridgehead atoms. The van der Waals surface area contributed by atoms with Gasteiger partial charge in [-0.2, -0.15) is 0 Å². The third-order valence-corrected chi connectivity index (χ3v) is 3.22. The molecule has 1 aromatic heterocycles. The van der Waals surface area contributed by atoms with Gasteiger partial charge in [-0.25, -0.2) is 0 Å². The Labute approximate surface area is 119 Å². The zero-order valence-corrected chi connectivity index (χ0v) is 12.2. The molecule has 1 unspecified atom stereocenters. The zero-order chi connectivity index (χ0) is 14.4. The second-order valence-corrected chi connectivity index (χ2v) is 4.81. The highest BCUT2D eigenvalue weighted by Gasteiger charge is 2.08. The van der Waals surface area contributed by atoms with Gasteiger partial charge in [0.05, 0.1) is 26.7 Å². The number of ether oxygens (including phenoxy) is 2. The Bertz CT molecular complexity index is 523. The summed E-state index contributed by atoms with van der Waals surface area (Å²) in [6.07, 6.45) is 4.38. The molecule has 4 nitrogen and oxygen atoms in total. The van der Waals surface area contributed by atoms with Crippen molar-refractivity contribution >= 4 is 0 Å². The standard InChI is InChI=1S/C16H21NO3/c1-12(17-10-14-6-7-20-11-14)8-13-4-5-15(18-2)16(9-13)19-3/h4-7,9,11-12,17H,8,10H2,1-3H3. The molecule has 1 aromatic carbocycles. The Kier molecular flexibility index (Phi) is 5.07. The summed E-state index contributed by atoms with van der Waals surface area (Å²) in [6, 6.07) is 8.36. The number of methoxy groups -OCH3 is 2. The molecule has 2 rings (SSSR count). The highest BCUT2D eigenvalue weighted by molar-refractivity contribution is 5.43. The summed E-state index contributed by atoms with van der Waals surface area (Å²) in [5.41, 5.74) is 2.37. The third-order valence-electron chi connectivity index (χ3n) is 3.22. The van der Waals surface area contributed by atoms with Crippen molar-refractivity contribution in [2.24, 2.45) is 0 Å². The molecule has 1 heterocycles. The Morgan fingerprint density at radius 1 is 1.10 bits per heavy atom. The Balaban J connectivity index is 1.91. The first-order chi connectivity index (χ1) is 9.72. The first kappa shape index (κ1) is 14.5. The average Bonchev–Trinajstić information content (AvgIpc) is 2.98. The van der Waals surface area contributed by atoms with Crippen molar-refractivity contribution in [2.75, 3.05) is 14.2 Å². The highest BCUT2D eigenvalue weighted by atomic mass is 16.5. The van der Waals surface area contributed by atoms with Crippen molar-refractivity contribution in [1.29, 1.82) is 0 Å². The molecule has 0 aliphatic carbocycles. The fourth-order valence-corrected chi connectivity index (χ4v) is 2.12. The number of rotatable bonds is 7. The predicted octanol–water partition coefficient (Wildman–Crippen LogP) is 3.02. The molecule has 2 aromatic rings. The van der Waals surface area contributed by atoms with Gasteiger partial charge in [-0.15, -0.1) is 0 Å². The van der Waals surface area contributed by atoms with Crippen LogP contribution in [0.2, 0.25) is 0 Å². The van der Waals surface area contributed by atoms with E-state index < -0.39 is 0 Å². The van der Waals surface area contributed by atoms with Crippen LogP contribution in [0.1, 0.15) is 18.1 Å². The minimum absolute atomic E-state index is 0.364. The summed E-state index contributed by atoms with van der Waals surface area (Å²) in [5, 5.41) is 3.47. The summed E-state index contributed by atoms with van der Waals surface area (Å²) in [6.45, 7) is 2.97. The monoisotopic (exact) mass is 275 g/mol. The molecule has 0 amide bonds. The molecule has 4 heteroatoms. The number of hydrogen-bond acceptors (Lipinski definition) is 4. The van der Waals surface area contributed by atoms with Crippen molar-refractivity contribution in [3.63, 3.8) is 0 Å². The van der Waals surface area contributed by atoms with Crippen molar-refractivity contribution in [1.82, 2.24) is 5.32 Å². The SMILES string of the molecule is COc1ccc(CC(C)NCc2ccoc2)cc1OC. The van der Waals surface area contributed by atoms with Gasteiger partial charge < -0.3 is 19.2 Å². The Morgan fingerprint density at radius 2 is 1.90 bits per heavy atom. The van der Waals surface area contributed by atoms with Gasteiger partial charge >= 0.3 is 0 Å². The van der Waals surface area contributed by atoms with E-state index in [4.69, 9.17) is 13.9 Å². The van der Waals surface area contributed by atoms with Crippen LogP contribution >= 0.6 is 0 Å². The quantitative estimate of drug-likeness (QED) is 0.843. The molecule has 0 spiro atoms. The molecule has 1 atom stereocenters. The summed E-state index contributed by atoms with van der Waals surface area (Å²) < 4.78 is 15.6. The predicted molar refractivity (Wildman–Crippen MR) is 78.3 cm³/mol. The fourth-order valence-electron chi connectivity index (χ4n) is 2.12. The largest absolute Gasteiger partial charge is 0.493 e. The molecule has 0 aliphatic rings. The van der Waals surface area contributed by atoms with E-state index in [1.54, 1.807) is 26.7 Å². The molecule has 20 heavy (non-hydrogen) atoms. The maximum Gasteiger partial charge on any atom is 0.160 e. The lowest BCUT2D eigenvalue weighted by atomic mass is 10.1. The van der Waals surface area contributed by atoms with Gasteiger partial charge in [0.25, 0.3) is 0 Å². The molecule has 0 aliphatic heterocycles. The molecular formula is C16H21NO3. The van der Waals surface area contributed by atoms with Gasteiger partial charge in [0, 0.05) is 18.2 Å². The highest BCUT2D eigenvalue weighted by Crippen LogP contribution is 2.27. The van der Waals surface area contributed by atoms with E-state index in [9.17, 15) is 0 Å². The summed E-state index contributed by atoms with van der Waals surface area (Å²) in [7, 11) is 3.30. The lowest BCUT2D eigenvalue weighted by Crippen LogP contribution is -2.27. The first-order valence-electron chi connectivity index (χ1n) is 6.68. The topological polar surface area (TPSA) is 43.6 Å². The number of hydrogen-bond donors (Lipinski definition) is 1. The number of furan rings is 1. The lowest BCUT2D eigenvalue weighted by Gasteiger charge is -2.15. The molecule has 0 saturated heterocycles. The van der Waals surface area contributed by atoms with E-state index in [2.05, 4.69) is 18.3 Å². The molecule has 0 saturated carbocycles. The Morgan fingerprint density at radius 3 is 2.55 bits per heavy atom. The third kappa shape index (κ3) is 3.78. The van der Waals surface area contributed by atoms with E-state index in [-0.39, 0.29) is 0 Å². The van der Waals surface area contributed by atoms with E-state index in [0.29, 0.717) is 6.04 Å². The van der Waals surface area contributed by atoms with Crippen LogP contribution in [0.15, 0.2) is 41.2 Å². The van der Waals surface area contributed by atoms with Gasteiger partial charge in [0.2, 0.25) is 0 Å². The number of benzene rings is 1. The second kappa shape index (κ2) is 7.01. The van der Waals surface area contributed by atoms with E-state index >= 15 is 0 Å². The van der Waals surface area contributed by atoms with Crippen LogP contribution in [0, 0.1) is 0 Å². The maximum atomic E-state index is 5.32. The smallest absolute Gasteiger partial charge is 0.160 e. The van der Waals surface area contributed by atoms with Crippen molar-refractivity contribution in [3.8, 4) is 11.5 Å². The van der Waals surface area contributed by atoms with E-state index in [0.717, 1.165) is 30.0 Å². The van der Waals surface area contributed by atoms with Crippen molar-refractivity contribution < 1.29 is 13.9 Å². The summed E-state index contributed by atoms with van der Waals surface area (Å²) in [5.74, 6) is 1.53. The zero-order valence-electron chi connectivity index (χ0n) is 12.2. The molecular weight excluding hydrogens is 254 g/mol. The Hall–Kier alpha value is -1.94. The van der Waals surface area contributed by atoms with Gasteiger partial charge in [0.15, 0.2) is 11.5 Å². The van der Waals surface area contributed by atoms with E-state index in [1.807, 2.05) is 18.2 Å².